The van der Waals surface area contributed by atoms with E-state index in [9.17, 15) is 4.79 Å². The van der Waals surface area contributed by atoms with E-state index in [-0.39, 0.29) is 5.91 Å². The van der Waals surface area contributed by atoms with Crippen molar-refractivity contribution in [3.8, 4) is 11.5 Å². The Morgan fingerprint density at radius 1 is 1.00 bits per heavy atom. The Bertz CT molecular complexity index is 1060. The highest BCUT2D eigenvalue weighted by atomic mass is 79.9. The molecule has 1 N–H and O–H groups in total. The van der Waals surface area contributed by atoms with E-state index in [1.807, 2.05) is 72.8 Å². The molecule has 0 saturated carbocycles. The molecule has 4 rings (SSSR count). The maximum atomic E-state index is 12.4. The number of amides is 1. The summed E-state index contributed by atoms with van der Waals surface area (Å²) in [7, 11) is 1.61. The van der Waals surface area contributed by atoms with Gasteiger partial charge in [0.2, 0.25) is 0 Å². The molecule has 0 atom stereocenters. The Hall–Kier alpha value is -3.05. The van der Waals surface area contributed by atoms with Crippen LogP contribution < -0.4 is 14.8 Å². The second-order valence-corrected chi connectivity index (χ2v) is 7.30. The Kier molecular flexibility index (Phi) is 5.17. The van der Waals surface area contributed by atoms with Crippen LogP contribution in [0.2, 0.25) is 0 Å². The first-order valence-corrected chi connectivity index (χ1v) is 9.61. The van der Waals surface area contributed by atoms with Crippen LogP contribution in [0.5, 0.6) is 11.5 Å². The second-order valence-electron chi connectivity index (χ2n) is 6.39. The van der Waals surface area contributed by atoms with Gasteiger partial charge in [0.05, 0.1) is 7.11 Å². The van der Waals surface area contributed by atoms with Crippen molar-refractivity contribution in [3.63, 3.8) is 0 Å². The van der Waals surface area contributed by atoms with Crippen LogP contribution in [0.15, 0.2) is 71.2 Å². The highest BCUT2D eigenvalue weighted by molar-refractivity contribution is 9.10. The fraction of sp³-hybridized carbons (Fsp3) is 0.0870. The SMILES string of the molecule is COc1cc(C=C2C(=O)Nc3ccc(Br)cc32)ccc1OCc1ccccc1. The van der Waals surface area contributed by atoms with E-state index >= 15 is 0 Å². The summed E-state index contributed by atoms with van der Waals surface area (Å²) in [5, 5.41) is 2.89. The topological polar surface area (TPSA) is 47.6 Å². The fourth-order valence-electron chi connectivity index (χ4n) is 3.10. The van der Waals surface area contributed by atoms with Gasteiger partial charge in [0.1, 0.15) is 6.61 Å². The zero-order valence-electron chi connectivity index (χ0n) is 15.2. The summed E-state index contributed by atoms with van der Waals surface area (Å²) in [6, 6.07) is 21.3. The quantitative estimate of drug-likeness (QED) is 0.535. The number of fused-ring (bicyclic) bond motifs is 1. The van der Waals surface area contributed by atoms with E-state index < -0.39 is 0 Å². The highest BCUT2D eigenvalue weighted by Crippen LogP contribution is 2.36. The Labute approximate surface area is 171 Å². The zero-order valence-corrected chi connectivity index (χ0v) is 16.8. The van der Waals surface area contributed by atoms with Crippen LogP contribution in [0.25, 0.3) is 11.6 Å². The van der Waals surface area contributed by atoms with Crippen LogP contribution in [0.4, 0.5) is 5.69 Å². The summed E-state index contributed by atoms with van der Waals surface area (Å²) in [6.45, 7) is 0.460. The van der Waals surface area contributed by atoms with Crippen LogP contribution in [0.1, 0.15) is 16.7 Å². The molecule has 3 aromatic carbocycles. The number of anilines is 1. The number of nitrogens with one attached hydrogen (secondary N) is 1. The molecule has 1 amide bonds. The van der Waals surface area contributed by atoms with Gasteiger partial charge in [-0.25, -0.2) is 0 Å². The minimum atomic E-state index is -0.114. The second kappa shape index (κ2) is 7.90. The van der Waals surface area contributed by atoms with E-state index in [2.05, 4.69) is 21.2 Å². The molecular weight excluding hydrogens is 418 g/mol. The number of carbonyl (C=O) groups is 1. The smallest absolute Gasteiger partial charge is 0.256 e. The van der Waals surface area contributed by atoms with Gasteiger partial charge >= 0.3 is 0 Å². The number of ether oxygens (including phenoxy) is 2. The van der Waals surface area contributed by atoms with Gasteiger partial charge in [-0.1, -0.05) is 52.3 Å². The molecule has 1 heterocycles. The molecule has 28 heavy (non-hydrogen) atoms. The van der Waals surface area contributed by atoms with Crippen molar-refractivity contribution in [2.24, 2.45) is 0 Å². The molecule has 140 valence electrons. The van der Waals surface area contributed by atoms with Crippen LogP contribution in [0, 0.1) is 0 Å². The number of hydrogen-bond acceptors (Lipinski definition) is 3. The molecule has 4 nitrogen and oxygen atoms in total. The lowest BCUT2D eigenvalue weighted by Crippen LogP contribution is -2.03. The van der Waals surface area contributed by atoms with Crippen LogP contribution in [-0.4, -0.2) is 13.0 Å². The number of methoxy groups -OCH3 is 1. The Morgan fingerprint density at radius 2 is 1.82 bits per heavy atom. The molecule has 0 radical (unpaired) electrons. The van der Waals surface area contributed by atoms with Crippen LogP contribution in [0.3, 0.4) is 0 Å². The van der Waals surface area contributed by atoms with E-state index in [1.54, 1.807) is 7.11 Å². The number of benzene rings is 3. The van der Waals surface area contributed by atoms with Crippen molar-refractivity contribution in [2.45, 2.75) is 6.61 Å². The molecule has 0 bridgehead atoms. The predicted octanol–water partition coefficient (Wildman–Crippen LogP) is 5.53. The first kappa shape index (κ1) is 18.3. The molecule has 0 spiro atoms. The van der Waals surface area contributed by atoms with Gasteiger partial charge < -0.3 is 14.8 Å². The number of carbonyl (C=O) groups excluding carboxylic acids is 1. The molecule has 0 aliphatic carbocycles. The first-order chi connectivity index (χ1) is 13.6. The van der Waals surface area contributed by atoms with Crippen molar-refractivity contribution in [1.82, 2.24) is 0 Å². The monoisotopic (exact) mass is 435 g/mol. The largest absolute Gasteiger partial charge is 0.493 e. The molecule has 3 aromatic rings. The van der Waals surface area contributed by atoms with Crippen molar-refractivity contribution >= 4 is 39.2 Å². The van der Waals surface area contributed by atoms with Gasteiger partial charge in [0, 0.05) is 21.3 Å². The van der Waals surface area contributed by atoms with E-state index in [0.29, 0.717) is 23.7 Å². The maximum Gasteiger partial charge on any atom is 0.256 e. The molecule has 1 aliphatic rings. The molecule has 0 aromatic heterocycles. The summed E-state index contributed by atoms with van der Waals surface area (Å²) in [5.74, 6) is 1.17. The summed E-state index contributed by atoms with van der Waals surface area (Å²) >= 11 is 3.46. The fourth-order valence-corrected chi connectivity index (χ4v) is 3.46. The van der Waals surface area contributed by atoms with Gasteiger partial charge in [-0.15, -0.1) is 0 Å². The average Bonchev–Trinajstić information content (AvgIpc) is 3.02. The Morgan fingerprint density at radius 3 is 2.61 bits per heavy atom. The lowest BCUT2D eigenvalue weighted by molar-refractivity contribution is -0.110. The van der Waals surface area contributed by atoms with Gasteiger partial charge in [-0.2, -0.15) is 0 Å². The van der Waals surface area contributed by atoms with Gasteiger partial charge in [-0.3, -0.25) is 4.79 Å². The Balaban J connectivity index is 1.61. The minimum absolute atomic E-state index is 0.114. The van der Waals surface area contributed by atoms with Crippen molar-refractivity contribution in [1.29, 1.82) is 0 Å². The number of hydrogen-bond donors (Lipinski definition) is 1. The number of rotatable bonds is 5. The average molecular weight is 436 g/mol. The van der Waals surface area contributed by atoms with Gasteiger partial charge in [0.15, 0.2) is 11.5 Å². The maximum absolute atomic E-state index is 12.4. The standard InChI is InChI=1S/C23H18BrNO3/c1-27-22-12-16(7-10-21(22)28-14-15-5-3-2-4-6-15)11-19-18-13-17(24)8-9-20(18)25-23(19)26/h2-13H,14H2,1H3,(H,25,26). The van der Waals surface area contributed by atoms with Crippen molar-refractivity contribution < 1.29 is 14.3 Å². The lowest BCUT2D eigenvalue weighted by Gasteiger charge is -2.11. The zero-order chi connectivity index (χ0) is 19.5. The summed E-state index contributed by atoms with van der Waals surface area (Å²) < 4.78 is 12.3. The molecule has 0 unspecified atom stereocenters. The highest BCUT2D eigenvalue weighted by Gasteiger charge is 2.24. The third kappa shape index (κ3) is 3.80. The molecule has 5 heteroatoms. The van der Waals surface area contributed by atoms with E-state index in [0.717, 1.165) is 26.9 Å². The summed E-state index contributed by atoms with van der Waals surface area (Å²) in [6.07, 6.45) is 1.86. The summed E-state index contributed by atoms with van der Waals surface area (Å²) in [5.41, 5.74) is 4.26. The molecule has 1 aliphatic heterocycles. The molecule has 0 saturated heterocycles. The first-order valence-electron chi connectivity index (χ1n) is 8.82. The predicted molar refractivity (Wildman–Crippen MR) is 114 cm³/mol. The third-order valence-electron chi connectivity index (χ3n) is 4.50. The van der Waals surface area contributed by atoms with E-state index in [1.165, 1.54) is 0 Å². The van der Waals surface area contributed by atoms with Gasteiger partial charge in [-0.05, 0) is 47.5 Å². The van der Waals surface area contributed by atoms with E-state index in [4.69, 9.17) is 9.47 Å². The van der Waals surface area contributed by atoms with Crippen molar-refractivity contribution in [2.75, 3.05) is 12.4 Å². The molecule has 0 fully saturated rings. The third-order valence-corrected chi connectivity index (χ3v) is 4.99. The summed E-state index contributed by atoms with van der Waals surface area (Å²) in [4.78, 5) is 12.4. The number of halogens is 1. The minimum Gasteiger partial charge on any atom is -0.493 e. The van der Waals surface area contributed by atoms with Crippen LogP contribution in [-0.2, 0) is 11.4 Å². The van der Waals surface area contributed by atoms with Crippen molar-refractivity contribution in [3.05, 3.63) is 87.9 Å². The lowest BCUT2D eigenvalue weighted by atomic mass is 10.0. The normalized spacial score (nSPS) is 13.9. The molecular formula is C23H18BrNO3. The van der Waals surface area contributed by atoms with Gasteiger partial charge in [0.25, 0.3) is 5.91 Å². The van der Waals surface area contributed by atoms with Crippen LogP contribution >= 0.6 is 15.9 Å².